The highest BCUT2D eigenvalue weighted by atomic mass is 32.2. The van der Waals surface area contributed by atoms with Crippen LogP contribution in [0.3, 0.4) is 0 Å². The first kappa shape index (κ1) is 19.4. The SMILES string of the molecule is Cc1cccc(C)c1SCc1ccccc1-c1cccc(-c2ccccc2)c1O. The number of phenolic OH excluding ortho intramolecular Hbond substituents is 1. The van der Waals surface area contributed by atoms with Crippen LogP contribution in [0.4, 0.5) is 0 Å². The maximum atomic E-state index is 11.1. The summed E-state index contributed by atoms with van der Waals surface area (Å²) in [4.78, 5) is 1.34. The first-order valence-electron chi connectivity index (χ1n) is 9.80. The van der Waals surface area contributed by atoms with Gasteiger partial charge in [-0.25, -0.2) is 0 Å². The molecule has 0 saturated carbocycles. The van der Waals surface area contributed by atoms with Gasteiger partial charge in [0.1, 0.15) is 5.75 Å². The molecule has 0 radical (unpaired) electrons. The van der Waals surface area contributed by atoms with Crippen molar-refractivity contribution in [2.45, 2.75) is 24.5 Å². The molecule has 4 rings (SSSR count). The average Bonchev–Trinajstić information content (AvgIpc) is 2.75. The molecule has 2 heteroatoms. The van der Waals surface area contributed by atoms with Gasteiger partial charge >= 0.3 is 0 Å². The van der Waals surface area contributed by atoms with Gasteiger partial charge in [0.25, 0.3) is 0 Å². The Morgan fingerprint density at radius 2 is 1.21 bits per heavy atom. The van der Waals surface area contributed by atoms with E-state index in [1.54, 1.807) is 0 Å². The Morgan fingerprint density at radius 3 is 1.97 bits per heavy atom. The van der Waals surface area contributed by atoms with Crippen molar-refractivity contribution < 1.29 is 5.11 Å². The molecule has 29 heavy (non-hydrogen) atoms. The largest absolute Gasteiger partial charge is 0.507 e. The van der Waals surface area contributed by atoms with Crippen LogP contribution in [0.2, 0.25) is 0 Å². The van der Waals surface area contributed by atoms with E-state index in [2.05, 4.69) is 50.2 Å². The van der Waals surface area contributed by atoms with Crippen molar-refractivity contribution in [2.24, 2.45) is 0 Å². The second-order valence-electron chi connectivity index (χ2n) is 7.23. The Bertz CT molecular complexity index is 1110. The number of thioether (sulfide) groups is 1. The molecule has 0 saturated heterocycles. The van der Waals surface area contributed by atoms with E-state index in [9.17, 15) is 5.11 Å². The molecule has 4 aromatic rings. The lowest BCUT2D eigenvalue weighted by Crippen LogP contribution is -1.91. The number of hydrogen-bond donors (Lipinski definition) is 1. The van der Waals surface area contributed by atoms with E-state index in [1.807, 2.05) is 66.4 Å². The molecule has 0 unspecified atom stereocenters. The average molecular weight is 397 g/mol. The van der Waals surface area contributed by atoms with E-state index in [0.717, 1.165) is 28.0 Å². The van der Waals surface area contributed by atoms with Gasteiger partial charge in [0, 0.05) is 21.8 Å². The van der Waals surface area contributed by atoms with Gasteiger partial charge in [0.2, 0.25) is 0 Å². The van der Waals surface area contributed by atoms with Crippen LogP contribution in [0, 0.1) is 13.8 Å². The van der Waals surface area contributed by atoms with E-state index in [4.69, 9.17) is 0 Å². The Balaban J connectivity index is 1.71. The van der Waals surface area contributed by atoms with Gasteiger partial charge in [0.05, 0.1) is 0 Å². The van der Waals surface area contributed by atoms with Crippen molar-refractivity contribution in [1.82, 2.24) is 0 Å². The van der Waals surface area contributed by atoms with Gasteiger partial charge in [-0.15, -0.1) is 11.8 Å². The van der Waals surface area contributed by atoms with E-state index in [1.165, 1.54) is 21.6 Å². The van der Waals surface area contributed by atoms with Crippen molar-refractivity contribution in [3.8, 4) is 28.0 Å². The summed E-state index contributed by atoms with van der Waals surface area (Å²) < 4.78 is 0. The van der Waals surface area contributed by atoms with Crippen LogP contribution in [0.25, 0.3) is 22.3 Å². The summed E-state index contributed by atoms with van der Waals surface area (Å²) >= 11 is 1.86. The predicted molar refractivity (Wildman–Crippen MR) is 124 cm³/mol. The van der Waals surface area contributed by atoms with Crippen LogP contribution in [0.5, 0.6) is 5.75 Å². The molecule has 0 heterocycles. The van der Waals surface area contributed by atoms with E-state index < -0.39 is 0 Å². The molecule has 144 valence electrons. The number of para-hydroxylation sites is 1. The van der Waals surface area contributed by atoms with Gasteiger partial charge in [-0.1, -0.05) is 91.0 Å². The third-order valence-electron chi connectivity index (χ3n) is 5.21. The number of aryl methyl sites for hydroxylation is 2. The van der Waals surface area contributed by atoms with Crippen LogP contribution in [0.15, 0.2) is 95.9 Å². The van der Waals surface area contributed by atoms with Crippen molar-refractivity contribution in [2.75, 3.05) is 0 Å². The van der Waals surface area contributed by atoms with Gasteiger partial charge in [-0.3, -0.25) is 0 Å². The van der Waals surface area contributed by atoms with Gasteiger partial charge in [-0.2, -0.15) is 0 Å². The molecule has 1 nitrogen and oxygen atoms in total. The third-order valence-corrected chi connectivity index (χ3v) is 6.60. The zero-order chi connectivity index (χ0) is 20.2. The van der Waals surface area contributed by atoms with E-state index in [-0.39, 0.29) is 0 Å². The summed E-state index contributed by atoms with van der Waals surface area (Å²) in [5.41, 5.74) is 7.68. The molecule has 0 aliphatic heterocycles. The molecule has 0 aliphatic carbocycles. The van der Waals surface area contributed by atoms with Crippen LogP contribution < -0.4 is 0 Å². The lowest BCUT2D eigenvalue weighted by Gasteiger charge is -2.15. The van der Waals surface area contributed by atoms with Crippen molar-refractivity contribution >= 4 is 11.8 Å². The Morgan fingerprint density at radius 1 is 0.621 bits per heavy atom. The highest BCUT2D eigenvalue weighted by Crippen LogP contribution is 2.40. The van der Waals surface area contributed by atoms with E-state index in [0.29, 0.717) is 5.75 Å². The zero-order valence-electron chi connectivity index (χ0n) is 16.7. The van der Waals surface area contributed by atoms with Gasteiger partial charge < -0.3 is 5.11 Å². The number of benzene rings is 4. The molecule has 0 fully saturated rings. The minimum absolute atomic E-state index is 0.336. The molecule has 0 bridgehead atoms. The quantitative estimate of drug-likeness (QED) is 0.350. The van der Waals surface area contributed by atoms with Gasteiger partial charge in [-0.05, 0) is 41.7 Å². The smallest absolute Gasteiger partial charge is 0.131 e. The third kappa shape index (κ3) is 4.08. The zero-order valence-corrected chi connectivity index (χ0v) is 17.5. The Labute approximate surface area is 177 Å². The lowest BCUT2D eigenvalue weighted by atomic mass is 9.95. The van der Waals surface area contributed by atoms with Crippen LogP contribution in [-0.4, -0.2) is 5.11 Å². The standard InChI is InChI=1S/C27H24OS/c1-19-10-8-11-20(2)27(19)29-18-22-14-6-7-15-23(22)25-17-9-16-24(26(25)28)21-12-4-3-5-13-21/h3-17,28H,18H2,1-2H3. The fourth-order valence-electron chi connectivity index (χ4n) is 3.70. The second-order valence-corrected chi connectivity index (χ2v) is 8.22. The molecule has 0 amide bonds. The van der Waals surface area contributed by atoms with Crippen LogP contribution in [-0.2, 0) is 5.75 Å². The molecule has 4 aromatic carbocycles. The molecule has 0 aliphatic rings. The minimum atomic E-state index is 0.336. The number of phenols is 1. The second kappa shape index (κ2) is 8.59. The maximum Gasteiger partial charge on any atom is 0.131 e. The molecule has 0 aromatic heterocycles. The summed E-state index contributed by atoms with van der Waals surface area (Å²) in [7, 11) is 0. The first-order valence-corrected chi connectivity index (χ1v) is 10.8. The molecule has 1 N–H and O–H groups in total. The Hall–Kier alpha value is -2.97. The molecule has 0 atom stereocenters. The van der Waals surface area contributed by atoms with E-state index >= 15 is 0 Å². The molecular weight excluding hydrogens is 372 g/mol. The molecule has 0 spiro atoms. The summed E-state index contributed by atoms with van der Waals surface area (Å²) in [5.74, 6) is 1.19. The van der Waals surface area contributed by atoms with Crippen molar-refractivity contribution in [3.05, 3.63) is 108 Å². The monoisotopic (exact) mass is 396 g/mol. The van der Waals surface area contributed by atoms with Gasteiger partial charge in [0.15, 0.2) is 0 Å². The molecular formula is C27H24OS. The van der Waals surface area contributed by atoms with Crippen molar-refractivity contribution in [1.29, 1.82) is 0 Å². The van der Waals surface area contributed by atoms with Crippen LogP contribution in [0.1, 0.15) is 16.7 Å². The first-order chi connectivity index (χ1) is 14.1. The number of hydrogen-bond acceptors (Lipinski definition) is 2. The predicted octanol–water partition coefficient (Wildman–Crippen LogP) is 7.64. The van der Waals surface area contributed by atoms with Crippen LogP contribution >= 0.6 is 11.8 Å². The fourth-order valence-corrected chi connectivity index (χ4v) is 4.84. The Kier molecular flexibility index (Phi) is 5.73. The highest BCUT2D eigenvalue weighted by molar-refractivity contribution is 7.98. The van der Waals surface area contributed by atoms with Crippen molar-refractivity contribution in [3.63, 3.8) is 0 Å². The summed E-state index contributed by atoms with van der Waals surface area (Å²) in [6.07, 6.45) is 0. The highest BCUT2D eigenvalue weighted by Gasteiger charge is 2.14. The number of aromatic hydroxyl groups is 1. The fraction of sp³-hybridized carbons (Fsp3) is 0.111. The minimum Gasteiger partial charge on any atom is -0.507 e. The lowest BCUT2D eigenvalue weighted by molar-refractivity contribution is 0.479. The maximum absolute atomic E-state index is 11.1. The summed E-state index contributed by atoms with van der Waals surface area (Å²) in [6, 6.07) is 30.8. The summed E-state index contributed by atoms with van der Waals surface area (Å²) in [5, 5.41) is 11.1. The number of rotatable bonds is 5. The normalized spacial score (nSPS) is 10.8. The summed E-state index contributed by atoms with van der Waals surface area (Å²) in [6.45, 7) is 4.33. The topological polar surface area (TPSA) is 20.2 Å².